The molecule has 0 bridgehead atoms. The highest BCUT2D eigenvalue weighted by molar-refractivity contribution is 9.10. The van der Waals surface area contributed by atoms with Gasteiger partial charge in [0, 0.05) is 10.7 Å². The van der Waals surface area contributed by atoms with Gasteiger partial charge in [-0.15, -0.1) is 0 Å². The zero-order valence-electron chi connectivity index (χ0n) is 16.2. The minimum atomic E-state index is -3.44. The smallest absolute Gasteiger partial charge is 0.262 e. The summed E-state index contributed by atoms with van der Waals surface area (Å²) in [7, 11) is -2.00. The molecule has 3 amide bonds. The lowest BCUT2D eigenvalue weighted by Gasteiger charge is -2.25. The molecule has 0 radical (unpaired) electrons. The molecule has 8 nitrogen and oxygen atoms in total. The van der Waals surface area contributed by atoms with E-state index in [9.17, 15) is 22.8 Å². The predicted octanol–water partition coefficient (Wildman–Crippen LogP) is 2.50. The van der Waals surface area contributed by atoms with Crippen molar-refractivity contribution in [2.24, 2.45) is 0 Å². The van der Waals surface area contributed by atoms with Crippen molar-refractivity contribution in [2.45, 2.75) is 12.5 Å². The highest BCUT2D eigenvalue weighted by Crippen LogP contribution is 2.30. The number of carbonyl (C=O) groups is 3. The maximum atomic E-state index is 13.1. The van der Waals surface area contributed by atoms with Crippen LogP contribution in [0.2, 0.25) is 0 Å². The standard InChI is InChI=1S/C20H19BrN2O6S/c1-29-17-6-4-3-5-15(17)22-18(24)16(9-10-30(2,27)28)23-19(25)13-8-7-12(21)11-14(13)20(23)26/h3-8,11,16H,9-10H2,1-2H3,(H,22,24)/t16-/m1/s1. The van der Waals surface area contributed by atoms with Crippen LogP contribution in [0.3, 0.4) is 0 Å². The topological polar surface area (TPSA) is 110 Å². The van der Waals surface area contributed by atoms with Gasteiger partial charge in [0.1, 0.15) is 21.6 Å². The molecule has 0 spiro atoms. The number of hydrogen-bond donors (Lipinski definition) is 1. The van der Waals surface area contributed by atoms with Crippen LogP contribution in [-0.4, -0.2) is 56.2 Å². The van der Waals surface area contributed by atoms with Crippen molar-refractivity contribution in [3.8, 4) is 5.75 Å². The molecule has 10 heteroatoms. The third kappa shape index (κ3) is 4.54. The molecule has 2 aromatic rings. The minimum Gasteiger partial charge on any atom is -0.495 e. The van der Waals surface area contributed by atoms with Crippen molar-refractivity contribution in [3.05, 3.63) is 58.1 Å². The number of imide groups is 1. The van der Waals surface area contributed by atoms with Gasteiger partial charge < -0.3 is 10.1 Å². The lowest BCUT2D eigenvalue weighted by atomic mass is 10.1. The summed E-state index contributed by atoms with van der Waals surface area (Å²) in [6, 6.07) is 9.95. The Hall–Kier alpha value is -2.72. The summed E-state index contributed by atoms with van der Waals surface area (Å²) >= 11 is 3.26. The molecule has 0 fully saturated rings. The number of hydrogen-bond acceptors (Lipinski definition) is 6. The molecule has 1 aliphatic heterocycles. The second-order valence-electron chi connectivity index (χ2n) is 6.79. The number of amides is 3. The van der Waals surface area contributed by atoms with Gasteiger partial charge in [-0.3, -0.25) is 19.3 Å². The summed E-state index contributed by atoms with van der Waals surface area (Å²) in [6.07, 6.45) is 0.800. The first-order chi connectivity index (χ1) is 14.1. The maximum Gasteiger partial charge on any atom is 0.262 e. The number of nitrogens with zero attached hydrogens (tertiary/aromatic N) is 1. The number of para-hydroxylation sites is 2. The Bertz CT molecular complexity index is 1130. The van der Waals surface area contributed by atoms with Gasteiger partial charge in [-0.05, 0) is 36.8 Å². The first-order valence-electron chi connectivity index (χ1n) is 8.91. The first-order valence-corrected chi connectivity index (χ1v) is 11.8. The molecule has 1 atom stereocenters. The Morgan fingerprint density at radius 2 is 1.80 bits per heavy atom. The van der Waals surface area contributed by atoms with E-state index in [1.807, 2.05) is 0 Å². The molecule has 3 rings (SSSR count). The van der Waals surface area contributed by atoms with Gasteiger partial charge in [0.2, 0.25) is 5.91 Å². The SMILES string of the molecule is COc1ccccc1NC(=O)[C@@H](CCS(C)(=O)=O)N1C(=O)c2ccc(Br)cc2C1=O. The van der Waals surface area contributed by atoms with Crippen LogP contribution in [0.5, 0.6) is 5.75 Å². The average Bonchev–Trinajstić information content (AvgIpc) is 2.92. The molecule has 1 N–H and O–H groups in total. The van der Waals surface area contributed by atoms with Crippen molar-refractivity contribution >= 4 is 49.2 Å². The summed E-state index contributed by atoms with van der Waals surface area (Å²) in [5.74, 6) is -1.95. The highest BCUT2D eigenvalue weighted by Gasteiger charge is 2.43. The van der Waals surface area contributed by atoms with Crippen LogP contribution in [0.1, 0.15) is 27.1 Å². The quantitative estimate of drug-likeness (QED) is 0.592. The molecule has 0 saturated heterocycles. The number of nitrogens with one attached hydrogen (secondary N) is 1. The van der Waals surface area contributed by atoms with E-state index in [1.54, 1.807) is 30.3 Å². The Morgan fingerprint density at radius 3 is 2.47 bits per heavy atom. The molecule has 0 saturated carbocycles. The van der Waals surface area contributed by atoms with Crippen LogP contribution >= 0.6 is 15.9 Å². The summed E-state index contributed by atoms with van der Waals surface area (Å²) < 4.78 is 29.2. The number of benzene rings is 2. The fraction of sp³-hybridized carbons (Fsp3) is 0.250. The molecule has 30 heavy (non-hydrogen) atoms. The van der Waals surface area contributed by atoms with Crippen LogP contribution < -0.4 is 10.1 Å². The van der Waals surface area contributed by atoms with Crippen molar-refractivity contribution in [2.75, 3.05) is 24.4 Å². The maximum absolute atomic E-state index is 13.1. The second kappa shape index (κ2) is 8.57. The third-order valence-corrected chi connectivity index (χ3v) is 6.09. The van der Waals surface area contributed by atoms with E-state index in [4.69, 9.17) is 4.74 Å². The van der Waals surface area contributed by atoms with E-state index in [2.05, 4.69) is 21.2 Å². The molecule has 1 heterocycles. The largest absolute Gasteiger partial charge is 0.495 e. The normalized spacial score (nSPS) is 14.4. The molecule has 0 aliphatic carbocycles. The van der Waals surface area contributed by atoms with Gasteiger partial charge in [0.25, 0.3) is 11.8 Å². The summed E-state index contributed by atoms with van der Waals surface area (Å²) in [5.41, 5.74) is 0.662. The van der Waals surface area contributed by atoms with Crippen molar-refractivity contribution in [1.29, 1.82) is 0 Å². The van der Waals surface area contributed by atoms with Gasteiger partial charge in [-0.25, -0.2) is 8.42 Å². The van der Waals surface area contributed by atoms with Crippen LogP contribution in [0.4, 0.5) is 5.69 Å². The van der Waals surface area contributed by atoms with Crippen LogP contribution in [0, 0.1) is 0 Å². The number of halogens is 1. The second-order valence-corrected chi connectivity index (χ2v) is 9.97. The third-order valence-electron chi connectivity index (χ3n) is 4.62. The summed E-state index contributed by atoms with van der Waals surface area (Å²) in [4.78, 5) is 39.7. The fourth-order valence-corrected chi connectivity index (χ4v) is 4.19. The van der Waals surface area contributed by atoms with Gasteiger partial charge in [-0.1, -0.05) is 28.1 Å². The first kappa shape index (κ1) is 22.0. The van der Waals surface area contributed by atoms with Crippen molar-refractivity contribution < 1.29 is 27.5 Å². The number of sulfone groups is 1. The van der Waals surface area contributed by atoms with E-state index < -0.39 is 33.6 Å². The Balaban J connectivity index is 1.96. The van der Waals surface area contributed by atoms with E-state index >= 15 is 0 Å². The van der Waals surface area contributed by atoms with Gasteiger partial charge in [0.05, 0.1) is 29.7 Å². The predicted molar refractivity (Wildman–Crippen MR) is 114 cm³/mol. The highest BCUT2D eigenvalue weighted by atomic mass is 79.9. The molecule has 0 aromatic heterocycles. The molecular formula is C20H19BrN2O6S. The van der Waals surface area contributed by atoms with E-state index in [-0.39, 0.29) is 23.3 Å². The van der Waals surface area contributed by atoms with Gasteiger partial charge in [-0.2, -0.15) is 0 Å². The molecule has 1 aliphatic rings. The fourth-order valence-electron chi connectivity index (χ4n) is 3.18. The molecule has 158 valence electrons. The zero-order chi connectivity index (χ0) is 22.1. The number of rotatable bonds is 7. The molecular weight excluding hydrogens is 476 g/mol. The molecule has 2 aromatic carbocycles. The number of methoxy groups -OCH3 is 1. The van der Waals surface area contributed by atoms with Gasteiger partial charge in [0.15, 0.2) is 0 Å². The summed E-state index contributed by atoms with van der Waals surface area (Å²) in [6.45, 7) is 0. The number of carbonyl (C=O) groups excluding carboxylic acids is 3. The lowest BCUT2D eigenvalue weighted by Crippen LogP contribution is -2.48. The van der Waals surface area contributed by atoms with Crippen LogP contribution in [0.25, 0.3) is 0 Å². The van der Waals surface area contributed by atoms with Crippen LogP contribution in [-0.2, 0) is 14.6 Å². The molecule has 0 unspecified atom stereocenters. The van der Waals surface area contributed by atoms with Crippen LogP contribution in [0.15, 0.2) is 46.9 Å². The van der Waals surface area contributed by atoms with E-state index in [1.165, 1.54) is 19.2 Å². The lowest BCUT2D eigenvalue weighted by molar-refractivity contribution is -0.120. The number of ether oxygens (including phenoxy) is 1. The summed E-state index contributed by atoms with van der Waals surface area (Å²) in [5, 5.41) is 2.64. The number of fused-ring (bicyclic) bond motifs is 1. The van der Waals surface area contributed by atoms with Crippen molar-refractivity contribution in [1.82, 2.24) is 4.90 Å². The van der Waals surface area contributed by atoms with Gasteiger partial charge >= 0.3 is 0 Å². The number of anilines is 1. The van der Waals surface area contributed by atoms with E-state index in [0.29, 0.717) is 15.9 Å². The Morgan fingerprint density at radius 1 is 1.13 bits per heavy atom. The van der Waals surface area contributed by atoms with Crippen molar-refractivity contribution in [3.63, 3.8) is 0 Å². The zero-order valence-corrected chi connectivity index (χ0v) is 18.6. The monoisotopic (exact) mass is 494 g/mol. The average molecular weight is 495 g/mol. The van der Waals surface area contributed by atoms with E-state index in [0.717, 1.165) is 11.2 Å². The minimum absolute atomic E-state index is 0.156. The Labute approximate surface area is 182 Å². The Kier molecular flexibility index (Phi) is 6.27.